The summed E-state index contributed by atoms with van der Waals surface area (Å²) in [7, 11) is 3.20. The van der Waals surface area contributed by atoms with E-state index in [1.807, 2.05) is 48.5 Å². The summed E-state index contributed by atoms with van der Waals surface area (Å²) in [5, 5.41) is 5.97. The quantitative estimate of drug-likeness (QED) is 0.479. The van der Waals surface area contributed by atoms with E-state index in [1.54, 1.807) is 14.2 Å². The Labute approximate surface area is 204 Å². The average molecular weight is 469 g/mol. The standard InChI is InChI=1S/C28H40N2O4/c1-20(19-28(2,3)4)16-26(31)30-23(17-21-10-8-7-9-11-21)27(32)29-15-14-22-12-13-24(33-5)25(18-22)34-6/h7-13,18,20,23H,14-17,19H2,1-6H3,(H,29,32)(H,30,31). The van der Waals surface area contributed by atoms with Gasteiger partial charge in [-0.15, -0.1) is 0 Å². The average Bonchev–Trinajstić information content (AvgIpc) is 2.77. The molecule has 0 saturated heterocycles. The van der Waals surface area contributed by atoms with Gasteiger partial charge < -0.3 is 20.1 Å². The third-order valence-corrected chi connectivity index (χ3v) is 5.59. The first-order chi connectivity index (χ1) is 16.1. The Bertz CT molecular complexity index is 922. The van der Waals surface area contributed by atoms with Crippen LogP contribution in [0.5, 0.6) is 11.5 Å². The van der Waals surface area contributed by atoms with Crippen LogP contribution in [0.4, 0.5) is 0 Å². The summed E-state index contributed by atoms with van der Waals surface area (Å²) >= 11 is 0. The topological polar surface area (TPSA) is 76.7 Å². The monoisotopic (exact) mass is 468 g/mol. The molecule has 2 aromatic carbocycles. The number of carbonyl (C=O) groups is 2. The van der Waals surface area contributed by atoms with Gasteiger partial charge in [-0.05, 0) is 47.4 Å². The van der Waals surface area contributed by atoms with Gasteiger partial charge in [-0.25, -0.2) is 0 Å². The molecule has 2 aromatic rings. The van der Waals surface area contributed by atoms with Gasteiger partial charge in [0.2, 0.25) is 11.8 Å². The number of carbonyl (C=O) groups excluding carboxylic acids is 2. The SMILES string of the molecule is COc1ccc(CCNC(=O)C(Cc2ccccc2)NC(=O)CC(C)CC(C)(C)C)cc1OC. The highest BCUT2D eigenvalue weighted by Crippen LogP contribution is 2.28. The number of ether oxygens (including phenoxy) is 2. The fraction of sp³-hybridized carbons (Fsp3) is 0.500. The van der Waals surface area contributed by atoms with Crippen LogP contribution in [0.15, 0.2) is 48.5 Å². The van der Waals surface area contributed by atoms with Gasteiger partial charge in [-0.2, -0.15) is 0 Å². The highest BCUT2D eigenvalue weighted by molar-refractivity contribution is 5.88. The zero-order valence-electron chi connectivity index (χ0n) is 21.4. The Morgan fingerprint density at radius 1 is 0.941 bits per heavy atom. The van der Waals surface area contributed by atoms with Crippen LogP contribution in [0.25, 0.3) is 0 Å². The van der Waals surface area contributed by atoms with Gasteiger partial charge in [0, 0.05) is 19.4 Å². The summed E-state index contributed by atoms with van der Waals surface area (Å²) in [4.78, 5) is 25.8. The zero-order valence-corrected chi connectivity index (χ0v) is 21.4. The van der Waals surface area contributed by atoms with Gasteiger partial charge in [-0.3, -0.25) is 9.59 Å². The Kier molecular flexibility index (Phi) is 10.4. The predicted molar refractivity (Wildman–Crippen MR) is 136 cm³/mol. The molecule has 186 valence electrons. The van der Waals surface area contributed by atoms with E-state index in [2.05, 4.69) is 38.3 Å². The molecule has 0 bridgehead atoms. The molecule has 6 heteroatoms. The number of rotatable bonds is 12. The molecule has 2 amide bonds. The minimum Gasteiger partial charge on any atom is -0.493 e. The molecule has 2 N–H and O–H groups in total. The van der Waals surface area contributed by atoms with Crippen molar-refractivity contribution in [2.45, 2.75) is 59.4 Å². The number of hydrogen-bond donors (Lipinski definition) is 2. The Hall–Kier alpha value is -3.02. The lowest BCUT2D eigenvalue weighted by atomic mass is 9.84. The van der Waals surface area contributed by atoms with Crippen LogP contribution in [-0.2, 0) is 22.4 Å². The van der Waals surface area contributed by atoms with E-state index in [1.165, 1.54) is 0 Å². The lowest BCUT2D eigenvalue weighted by Gasteiger charge is -2.24. The van der Waals surface area contributed by atoms with Crippen LogP contribution < -0.4 is 20.1 Å². The second-order valence-corrected chi connectivity index (χ2v) is 10.1. The minimum atomic E-state index is -0.623. The fourth-order valence-corrected chi connectivity index (χ4v) is 4.24. The third kappa shape index (κ3) is 9.46. The molecule has 0 aromatic heterocycles. The maximum Gasteiger partial charge on any atom is 0.242 e. The van der Waals surface area contributed by atoms with E-state index in [0.717, 1.165) is 17.5 Å². The highest BCUT2D eigenvalue weighted by atomic mass is 16.5. The Morgan fingerprint density at radius 2 is 1.62 bits per heavy atom. The molecule has 0 aliphatic carbocycles. The van der Waals surface area contributed by atoms with Crippen molar-refractivity contribution in [2.75, 3.05) is 20.8 Å². The fourth-order valence-electron chi connectivity index (χ4n) is 4.24. The molecule has 0 aliphatic heterocycles. The summed E-state index contributed by atoms with van der Waals surface area (Å²) in [6.07, 6.45) is 2.44. The van der Waals surface area contributed by atoms with Crippen molar-refractivity contribution in [2.24, 2.45) is 11.3 Å². The third-order valence-electron chi connectivity index (χ3n) is 5.59. The lowest BCUT2D eigenvalue weighted by molar-refractivity contribution is -0.129. The molecule has 34 heavy (non-hydrogen) atoms. The first-order valence-corrected chi connectivity index (χ1v) is 11.9. The van der Waals surface area contributed by atoms with Gasteiger partial charge >= 0.3 is 0 Å². The zero-order chi connectivity index (χ0) is 25.1. The summed E-state index contributed by atoms with van der Waals surface area (Å²) in [6.45, 7) is 9.05. The van der Waals surface area contributed by atoms with Crippen LogP contribution in [0.3, 0.4) is 0 Å². The molecule has 2 unspecified atom stereocenters. The number of benzene rings is 2. The van der Waals surface area contributed by atoms with Crippen LogP contribution in [0.2, 0.25) is 0 Å². The minimum absolute atomic E-state index is 0.0901. The molecule has 2 atom stereocenters. The van der Waals surface area contributed by atoms with Crippen molar-refractivity contribution in [3.8, 4) is 11.5 Å². The summed E-state index contributed by atoms with van der Waals surface area (Å²) in [6, 6.07) is 14.8. The summed E-state index contributed by atoms with van der Waals surface area (Å²) in [5.41, 5.74) is 2.19. The second-order valence-electron chi connectivity index (χ2n) is 10.1. The van der Waals surface area contributed by atoms with E-state index in [4.69, 9.17) is 9.47 Å². The summed E-state index contributed by atoms with van der Waals surface area (Å²) < 4.78 is 10.6. The normalized spacial score (nSPS) is 13.0. The van der Waals surface area contributed by atoms with Crippen LogP contribution >= 0.6 is 0 Å². The van der Waals surface area contributed by atoms with Crippen molar-refractivity contribution in [1.29, 1.82) is 0 Å². The molecule has 0 heterocycles. The number of nitrogens with one attached hydrogen (secondary N) is 2. The van der Waals surface area contributed by atoms with E-state index < -0.39 is 6.04 Å². The van der Waals surface area contributed by atoms with Gasteiger partial charge in [0.1, 0.15) is 6.04 Å². The molecule has 0 fully saturated rings. The van der Waals surface area contributed by atoms with Gasteiger partial charge in [0.05, 0.1) is 14.2 Å². The Morgan fingerprint density at radius 3 is 2.24 bits per heavy atom. The lowest BCUT2D eigenvalue weighted by Crippen LogP contribution is -2.48. The van der Waals surface area contributed by atoms with E-state index >= 15 is 0 Å². The van der Waals surface area contributed by atoms with Crippen molar-refractivity contribution >= 4 is 11.8 Å². The van der Waals surface area contributed by atoms with E-state index in [0.29, 0.717) is 37.3 Å². The van der Waals surface area contributed by atoms with Crippen LogP contribution in [0.1, 0.15) is 51.7 Å². The van der Waals surface area contributed by atoms with Gasteiger partial charge in [0.15, 0.2) is 11.5 Å². The largest absolute Gasteiger partial charge is 0.493 e. The molecule has 0 spiro atoms. The molecular formula is C28H40N2O4. The van der Waals surface area contributed by atoms with Gasteiger partial charge in [0.25, 0.3) is 0 Å². The molecule has 0 saturated carbocycles. The first-order valence-electron chi connectivity index (χ1n) is 11.9. The number of methoxy groups -OCH3 is 2. The molecule has 2 rings (SSSR count). The van der Waals surface area contributed by atoms with Crippen molar-refractivity contribution in [3.63, 3.8) is 0 Å². The van der Waals surface area contributed by atoms with Crippen molar-refractivity contribution < 1.29 is 19.1 Å². The van der Waals surface area contributed by atoms with E-state index in [-0.39, 0.29) is 23.1 Å². The summed E-state index contributed by atoms with van der Waals surface area (Å²) in [5.74, 6) is 1.30. The molecule has 6 nitrogen and oxygen atoms in total. The molecule has 0 aliphatic rings. The maximum atomic E-state index is 13.0. The highest BCUT2D eigenvalue weighted by Gasteiger charge is 2.23. The first kappa shape index (κ1) is 27.2. The Balaban J connectivity index is 1.99. The predicted octanol–water partition coefficient (Wildman–Crippen LogP) is 4.55. The van der Waals surface area contributed by atoms with Crippen LogP contribution in [-0.4, -0.2) is 38.6 Å². The molecule has 0 radical (unpaired) electrons. The van der Waals surface area contributed by atoms with Crippen LogP contribution in [0, 0.1) is 11.3 Å². The smallest absolute Gasteiger partial charge is 0.242 e. The van der Waals surface area contributed by atoms with Crippen molar-refractivity contribution in [1.82, 2.24) is 10.6 Å². The van der Waals surface area contributed by atoms with Crippen molar-refractivity contribution in [3.05, 3.63) is 59.7 Å². The van der Waals surface area contributed by atoms with E-state index in [9.17, 15) is 9.59 Å². The second kappa shape index (κ2) is 13.0. The number of amides is 2. The van der Waals surface area contributed by atoms with Gasteiger partial charge in [-0.1, -0.05) is 64.1 Å². The number of hydrogen-bond acceptors (Lipinski definition) is 4. The maximum absolute atomic E-state index is 13.0. The molecular weight excluding hydrogens is 428 g/mol.